The molecule has 0 aliphatic carbocycles. The maximum atomic E-state index is 5.73. The van der Waals surface area contributed by atoms with Crippen molar-refractivity contribution in [1.82, 2.24) is 14.8 Å². The van der Waals surface area contributed by atoms with Gasteiger partial charge in [-0.3, -0.25) is 0 Å². The monoisotopic (exact) mass is 243 g/mol. The third-order valence-corrected chi connectivity index (χ3v) is 3.23. The fourth-order valence-corrected chi connectivity index (χ4v) is 2.36. The molecule has 2 N–H and O–H groups in total. The summed E-state index contributed by atoms with van der Waals surface area (Å²) in [6, 6.07) is 10.3. The molecule has 94 valence electrons. The summed E-state index contributed by atoms with van der Waals surface area (Å²) in [5.41, 5.74) is 6.88. The van der Waals surface area contributed by atoms with E-state index in [4.69, 9.17) is 5.73 Å². The Bertz CT molecular complexity index is 519. The first-order valence-electron chi connectivity index (χ1n) is 6.37. The highest BCUT2D eigenvalue weighted by Crippen LogP contribution is 2.26. The summed E-state index contributed by atoms with van der Waals surface area (Å²) in [5.74, 6) is 1.21. The number of aryl methyl sites for hydroxylation is 1. The van der Waals surface area contributed by atoms with Crippen LogP contribution < -0.4 is 10.6 Å². The molecule has 0 spiro atoms. The average molecular weight is 243 g/mol. The zero-order valence-electron chi connectivity index (χ0n) is 10.3. The Labute approximate surface area is 106 Å². The number of benzene rings is 1. The normalized spacial score (nSPS) is 15.9. The Morgan fingerprint density at radius 2 is 1.78 bits per heavy atom. The molecule has 0 unspecified atom stereocenters. The number of rotatable bonds is 1. The first kappa shape index (κ1) is 11.1. The summed E-state index contributed by atoms with van der Waals surface area (Å²) in [6.45, 7) is 1.85. The second kappa shape index (κ2) is 4.68. The van der Waals surface area contributed by atoms with Gasteiger partial charge in [0.2, 0.25) is 11.9 Å². The number of fused-ring (bicyclic) bond motifs is 1. The van der Waals surface area contributed by atoms with Gasteiger partial charge in [-0.05, 0) is 31.4 Å². The number of anilines is 3. The standard InChI is InChI=1S/C13H17N5/c14-12-15-13-17(11-7-3-1-4-8-11)9-5-2-6-10-18(13)16-12/h1,3-4,7-8H,2,5-6,9-10H2,(H2,14,16). The van der Waals surface area contributed by atoms with Crippen LogP contribution in [-0.2, 0) is 6.54 Å². The van der Waals surface area contributed by atoms with Gasteiger partial charge < -0.3 is 10.6 Å². The lowest BCUT2D eigenvalue weighted by Gasteiger charge is -2.25. The molecular weight excluding hydrogens is 226 g/mol. The van der Waals surface area contributed by atoms with Crippen molar-refractivity contribution in [2.75, 3.05) is 17.2 Å². The number of hydrogen-bond donors (Lipinski definition) is 1. The minimum Gasteiger partial charge on any atom is -0.366 e. The quantitative estimate of drug-likeness (QED) is 0.834. The van der Waals surface area contributed by atoms with E-state index in [1.54, 1.807) is 0 Å². The van der Waals surface area contributed by atoms with Gasteiger partial charge in [0.25, 0.3) is 0 Å². The van der Waals surface area contributed by atoms with Gasteiger partial charge in [-0.15, -0.1) is 5.10 Å². The zero-order valence-corrected chi connectivity index (χ0v) is 10.3. The highest BCUT2D eigenvalue weighted by molar-refractivity contribution is 5.58. The average Bonchev–Trinajstić information content (AvgIpc) is 2.72. The predicted molar refractivity (Wildman–Crippen MR) is 71.7 cm³/mol. The summed E-state index contributed by atoms with van der Waals surface area (Å²) in [4.78, 5) is 6.56. The number of para-hydroxylation sites is 1. The van der Waals surface area contributed by atoms with Crippen LogP contribution in [0.5, 0.6) is 0 Å². The van der Waals surface area contributed by atoms with Crippen LogP contribution in [0.4, 0.5) is 17.6 Å². The molecule has 0 atom stereocenters. The van der Waals surface area contributed by atoms with Crippen LogP contribution in [0.15, 0.2) is 30.3 Å². The Hall–Kier alpha value is -2.04. The molecule has 0 amide bonds. The van der Waals surface area contributed by atoms with Crippen LogP contribution >= 0.6 is 0 Å². The van der Waals surface area contributed by atoms with Crippen LogP contribution in [0.1, 0.15) is 19.3 Å². The van der Waals surface area contributed by atoms with Crippen LogP contribution in [-0.4, -0.2) is 21.3 Å². The van der Waals surface area contributed by atoms with Crippen molar-refractivity contribution < 1.29 is 0 Å². The van der Waals surface area contributed by atoms with E-state index in [1.807, 2.05) is 22.9 Å². The van der Waals surface area contributed by atoms with Crippen molar-refractivity contribution in [3.63, 3.8) is 0 Å². The lowest BCUT2D eigenvalue weighted by molar-refractivity contribution is 0.522. The zero-order chi connectivity index (χ0) is 12.4. The van der Waals surface area contributed by atoms with E-state index < -0.39 is 0 Å². The van der Waals surface area contributed by atoms with E-state index in [0.717, 1.165) is 31.1 Å². The highest BCUT2D eigenvalue weighted by Gasteiger charge is 2.19. The maximum Gasteiger partial charge on any atom is 0.241 e. The summed E-state index contributed by atoms with van der Waals surface area (Å²) < 4.78 is 1.92. The van der Waals surface area contributed by atoms with Gasteiger partial charge in [0.15, 0.2) is 0 Å². The molecule has 5 nitrogen and oxygen atoms in total. The van der Waals surface area contributed by atoms with Gasteiger partial charge in [-0.1, -0.05) is 18.2 Å². The van der Waals surface area contributed by atoms with Crippen molar-refractivity contribution in [2.24, 2.45) is 0 Å². The van der Waals surface area contributed by atoms with Gasteiger partial charge in [0.1, 0.15) is 0 Å². The van der Waals surface area contributed by atoms with E-state index in [9.17, 15) is 0 Å². The van der Waals surface area contributed by atoms with E-state index in [2.05, 4.69) is 27.1 Å². The molecule has 1 aromatic carbocycles. The largest absolute Gasteiger partial charge is 0.366 e. The van der Waals surface area contributed by atoms with Crippen molar-refractivity contribution >= 4 is 17.6 Å². The SMILES string of the molecule is Nc1nc2n(n1)CCCCCN2c1ccccc1. The Morgan fingerprint density at radius 1 is 1.00 bits per heavy atom. The molecular formula is C13H17N5. The molecule has 0 bridgehead atoms. The molecule has 0 fully saturated rings. The molecule has 1 aromatic heterocycles. The number of nitrogen functional groups attached to an aromatic ring is 1. The van der Waals surface area contributed by atoms with Crippen LogP contribution in [0, 0.1) is 0 Å². The smallest absolute Gasteiger partial charge is 0.241 e. The maximum absolute atomic E-state index is 5.73. The second-order valence-corrected chi connectivity index (χ2v) is 4.54. The molecule has 1 aliphatic heterocycles. The van der Waals surface area contributed by atoms with Crippen LogP contribution in [0.3, 0.4) is 0 Å². The fraction of sp³-hybridized carbons (Fsp3) is 0.385. The summed E-state index contributed by atoms with van der Waals surface area (Å²) in [5, 5.41) is 4.27. The van der Waals surface area contributed by atoms with Crippen LogP contribution in [0.25, 0.3) is 0 Å². The second-order valence-electron chi connectivity index (χ2n) is 4.54. The number of hydrogen-bond acceptors (Lipinski definition) is 4. The lowest BCUT2D eigenvalue weighted by Crippen LogP contribution is -2.24. The van der Waals surface area contributed by atoms with Crippen molar-refractivity contribution in [3.8, 4) is 0 Å². The number of aromatic nitrogens is 3. The highest BCUT2D eigenvalue weighted by atomic mass is 15.5. The lowest BCUT2D eigenvalue weighted by atomic mass is 10.2. The van der Waals surface area contributed by atoms with E-state index >= 15 is 0 Å². The van der Waals surface area contributed by atoms with Crippen molar-refractivity contribution in [3.05, 3.63) is 30.3 Å². The van der Waals surface area contributed by atoms with Gasteiger partial charge in [0.05, 0.1) is 0 Å². The summed E-state index contributed by atoms with van der Waals surface area (Å²) in [6.07, 6.45) is 3.52. The third-order valence-electron chi connectivity index (χ3n) is 3.23. The summed E-state index contributed by atoms with van der Waals surface area (Å²) >= 11 is 0. The molecule has 0 saturated carbocycles. The van der Waals surface area contributed by atoms with E-state index in [-0.39, 0.29) is 0 Å². The minimum atomic E-state index is 0.354. The summed E-state index contributed by atoms with van der Waals surface area (Å²) in [7, 11) is 0. The van der Waals surface area contributed by atoms with Gasteiger partial charge in [-0.25, -0.2) is 4.68 Å². The molecule has 0 saturated heterocycles. The number of nitrogens with zero attached hydrogens (tertiary/aromatic N) is 4. The molecule has 2 heterocycles. The van der Waals surface area contributed by atoms with E-state index in [1.165, 1.54) is 12.8 Å². The van der Waals surface area contributed by atoms with Crippen molar-refractivity contribution in [2.45, 2.75) is 25.8 Å². The predicted octanol–water partition coefficient (Wildman–Crippen LogP) is 2.18. The molecule has 5 heteroatoms. The topological polar surface area (TPSA) is 60.0 Å². The molecule has 3 rings (SSSR count). The Morgan fingerprint density at radius 3 is 2.61 bits per heavy atom. The van der Waals surface area contributed by atoms with E-state index in [0.29, 0.717) is 5.95 Å². The van der Waals surface area contributed by atoms with Crippen LogP contribution in [0.2, 0.25) is 0 Å². The fourth-order valence-electron chi connectivity index (χ4n) is 2.36. The molecule has 2 aromatic rings. The minimum absolute atomic E-state index is 0.354. The first-order chi connectivity index (χ1) is 8.84. The van der Waals surface area contributed by atoms with Crippen molar-refractivity contribution in [1.29, 1.82) is 0 Å². The number of nitrogens with two attached hydrogens (primary N) is 1. The molecule has 18 heavy (non-hydrogen) atoms. The molecule has 1 aliphatic rings. The first-order valence-corrected chi connectivity index (χ1v) is 6.37. The third kappa shape index (κ3) is 2.03. The van der Waals surface area contributed by atoms with Gasteiger partial charge >= 0.3 is 0 Å². The Balaban J connectivity index is 2.03. The van der Waals surface area contributed by atoms with Gasteiger partial charge in [0, 0.05) is 18.8 Å². The Kier molecular flexibility index (Phi) is 2.88. The van der Waals surface area contributed by atoms with Gasteiger partial charge in [-0.2, -0.15) is 4.98 Å². The molecule has 0 radical (unpaired) electrons.